The van der Waals surface area contributed by atoms with Crippen molar-refractivity contribution in [2.45, 2.75) is 13.8 Å². The molecular weight excluding hydrogens is 379 g/mol. The van der Waals surface area contributed by atoms with Crippen molar-refractivity contribution in [2.24, 2.45) is 9.98 Å². The number of nitrogens with zero attached hydrogens (tertiary/aromatic N) is 2. The van der Waals surface area contributed by atoms with Crippen molar-refractivity contribution >= 4 is 46.7 Å². The zero-order chi connectivity index (χ0) is 19.4. The monoisotopic (exact) mass is 394 g/mol. The minimum Gasteiger partial charge on any atom is -0.492 e. The summed E-state index contributed by atoms with van der Waals surface area (Å²) in [6.45, 7) is 4.84. The lowest BCUT2D eigenvalue weighted by Crippen LogP contribution is -1.91. The van der Waals surface area contributed by atoms with Crippen LogP contribution in [0.2, 0.25) is 10.0 Å². The normalized spacial score (nSPS) is 9.08. The van der Waals surface area contributed by atoms with Crippen LogP contribution in [0.25, 0.3) is 0 Å². The number of halogens is 2. The molecule has 0 amide bonds. The Hall–Kier alpha value is -2.62. The molecule has 0 saturated carbocycles. The van der Waals surface area contributed by atoms with Crippen molar-refractivity contribution in [3.63, 3.8) is 0 Å². The van der Waals surface area contributed by atoms with Crippen molar-refractivity contribution in [3.8, 4) is 11.5 Å². The molecule has 0 heterocycles. The molecule has 2 aromatic carbocycles. The third kappa shape index (κ3) is 7.09. The van der Waals surface area contributed by atoms with Crippen LogP contribution in [-0.4, -0.2) is 25.4 Å². The lowest BCUT2D eigenvalue weighted by Gasteiger charge is -2.04. The highest BCUT2D eigenvalue weighted by molar-refractivity contribution is 6.32. The number of ether oxygens (including phenoxy) is 2. The Morgan fingerprint density at radius 1 is 0.808 bits per heavy atom. The Bertz CT molecular complexity index is 760. The van der Waals surface area contributed by atoms with Gasteiger partial charge in [-0.2, -0.15) is 9.98 Å². The maximum absolute atomic E-state index is 9.93. The van der Waals surface area contributed by atoms with Crippen LogP contribution in [0, 0.1) is 0 Å². The predicted molar refractivity (Wildman–Crippen MR) is 101 cm³/mol. The van der Waals surface area contributed by atoms with Crippen molar-refractivity contribution in [2.75, 3.05) is 13.2 Å². The highest BCUT2D eigenvalue weighted by Crippen LogP contribution is 2.29. The first-order chi connectivity index (χ1) is 12.5. The Labute approximate surface area is 161 Å². The van der Waals surface area contributed by atoms with Gasteiger partial charge in [-0.1, -0.05) is 23.2 Å². The Morgan fingerprint density at radius 2 is 1.19 bits per heavy atom. The van der Waals surface area contributed by atoms with Gasteiger partial charge < -0.3 is 9.47 Å². The summed E-state index contributed by atoms with van der Waals surface area (Å²) in [6.07, 6.45) is 2.88. The van der Waals surface area contributed by atoms with Gasteiger partial charge in [-0.25, -0.2) is 9.59 Å². The van der Waals surface area contributed by atoms with Crippen LogP contribution in [-0.2, 0) is 9.59 Å². The van der Waals surface area contributed by atoms with Gasteiger partial charge in [0.25, 0.3) is 0 Å². The summed E-state index contributed by atoms with van der Waals surface area (Å²) < 4.78 is 10.4. The van der Waals surface area contributed by atoms with Crippen LogP contribution in [0.3, 0.4) is 0 Å². The first kappa shape index (κ1) is 21.4. The van der Waals surface area contributed by atoms with Gasteiger partial charge in [0.2, 0.25) is 12.2 Å². The van der Waals surface area contributed by atoms with Gasteiger partial charge in [-0.05, 0) is 50.2 Å². The molecule has 0 N–H and O–H groups in total. The molecule has 0 spiro atoms. The Balaban J connectivity index is 0.000000260. The molecule has 8 heteroatoms. The topological polar surface area (TPSA) is 77.3 Å². The first-order valence-electron chi connectivity index (χ1n) is 7.56. The third-order valence-electron chi connectivity index (χ3n) is 2.78. The van der Waals surface area contributed by atoms with Crippen LogP contribution in [0.5, 0.6) is 11.5 Å². The van der Waals surface area contributed by atoms with E-state index in [4.69, 9.17) is 32.7 Å². The minimum atomic E-state index is 0.443. The van der Waals surface area contributed by atoms with Crippen LogP contribution < -0.4 is 9.47 Å². The van der Waals surface area contributed by atoms with Crippen molar-refractivity contribution < 1.29 is 19.1 Å². The zero-order valence-electron chi connectivity index (χ0n) is 14.2. The van der Waals surface area contributed by atoms with E-state index in [0.29, 0.717) is 46.1 Å². The van der Waals surface area contributed by atoms with E-state index in [9.17, 15) is 9.59 Å². The van der Waals surface area contributed by atoms with E-state index in [-0.39, 0.29) is 0 Å². The number of aliphatic imine (C=N–C) groups is 2. The van der Waals surface area contributed by atoms with Gasteiger partial charge in [0.1, 0.15) is 11.5 Å². The fraction of sp³-hybridized carbons (Fsp3) is 0.222. The lowest BCUT2D eigenvalue weighted by atomic mass is 10.3. The summed E-state index contributed by atoms with van der Waals surface area (Å²) in [5.74, 6) is 1.18. The van der Waals surface area contributed by atoms with Gasteiger partial charge >= 0.3 is 0 Å². The molecule has 0 radical (unpaired) electrons. The molecule has 0 atom stereocenters. The first-order valence-corrected chi connectivity index (χ1v) is 8.31. The fourth-order valence-corrected chi connectivity index (χ4v) is 2.23. The van der Waals surface area contributed by atoms with E-state index >= 15 is 0 Å². The summed E-state index contributed by atoms with van der Waals surface area (Å²) in [4.78, 5) is 26.7. The second-order valence-electron chi connectivity index (χ2n) is 4.50. The molecule has 0 aliphatic heterocycles. The second-order valence-corrected chi connectivity index (χ2v) is 5.32. The Morgan fingerprint density at radius 3 is 1.46 bits per heavy atom. The highest BCUT2D eigenvalue weighted by atomic mass is 35.5. The minimum absolute atomic E-state index is 0.443. The van der Waals surface area contributed by atoms with Crippen molar-refractivity contribution in [1.82, 2.24) is 0 Å². The van der Waals surface area contributed by atoms with Crippen LogP contribution in [0.1, 0.15) is 13.8 Å². The molecule has 0 unspecified atom stereocenters. The number of isocyanates is 2. The van der Waals surface area contributed by atoms with Crippen molar-refractivity contribution in [3.05, 3.63) is 46.4 Å². The van der Waals surface area contributed by atoms with E-state index in [1.165, 1.54) is 12.2 Å². The summed E-state index contributed by atoms with van der Waals surface area (Å²) in [7, 11) is 0. The van der Waals surface area contributed by atoms with Crippen molar-refractivity contribution in [1.29, 1.82) is 0 Å². The molecule has 136 valence electrons. The molecule has 2 rings (SSSR count). The van der Waals surface area contributed by atoms with Gasteiger partial charge in [0.05, 0.1) is 34.6 Å². The molecule has 0 bridgehead atoms. The van der Waals surface area contributed by atoms with E-state index < -0.39 is 0 Å². The highest BCUT2D eigenvalue weighted by Gasteiger charge is 2.01. The Kier molecular flexibility index (Phi) is 9.77. The maximum atomic E-state index is 9.93. The molecule has 0 fully saturated rings. The molecule has 0 aromatic heterocycles. The quantitative estimate of drug-likeness (QED) is 0.484. The average Bonchev–Trinajstić information content (AvgIpc) is 2.61. The zero-order valence-corrected chi connectivity index (χ0v) is 15.7. The summed E-state index contributed by atoms with van der Waals surface area (Å²) in [6, 6.07) is 9.72. The SMILES string of the molecule is CCOc1ccc(N=C=O)cc1Cl.CCOc1ccc(N=C=O)cc1Cl. The summed E-state index contributed by atoms with van der Waals surface area (Å²) in [5.41, 5.74) is 0.951. The number of rotatable bonds is 6. The fourth-order valence-electron chi connectivity index (χ4n) is 1.77. The summed E-state index contributed by atoms with van der Waals surface area (Å²) >= 11 is 11.7. The van der Waals surface area contributed by atoms with Crippen LogP contribution in [0.15, 0.2) is 46.4 Å². The van der Waals surface area contributed by atoms with E-state index in [0.717, 1.165) is 0 Å². The van der Waals surface area contributed by atoms with Crippen LogP contribution in [0.4, 0.5) is 11.4 Å². The van der Waals surface area contributed by atoms with Crippen LogP contribution >= 0.6 is 23.2 Å². The second kappa shape index (κ2) is 11.9. The molecule has 26 heavy (non-hydrogen) atoms. The number of hydrogen-bond donors (Lipinski definition) is 0. The molecule has 0 aliphatic rings. The molecule has 6 nitrogen and oxygen atoms in total. The van der Waals surface area contributed by atoms with Gasteiger partial charge in [0, 0.05) is 0 Å². The maximum Gasteiger partial charge on any atom is 0.240 e. The van der Waals surface area contributed by atoms with E-state index in [1.807, 2.05) is 13.8 Å². The summed E-state index contributed by atoms with van der Waals surface area (Å²) in [5, 5.41) is 0.886. The average molecular weight is 395 g/mol. The van der Waals surface area contributed by atoms with Gasteiger partial charge in [0.15, 0.2) is 0 Å². The molecular formula is C18H16Cl2N2O4. The number of carbonyl (C=O) groups excluding carboxylic acids is 2. The van der Waals surface area contributed by atoms with Gasteiger partial charge in [-0.15, -0.1) is 0 Å². The lowest BCUT2D eigenvalue weighted by molar-refractivity contribution is 0.340. The number of hydrogen-bond acceptors (Lipinski definition) is 6. The van der Waals surface area contributed by atoms with E-state index in [1.54, 1.807) is 36.4 Å². The smallest absolute Gasteiger partial charge is 0.240 e. The van der Waals surface area contributed by atoms with E-state index in [2.05, 4.69) is 9.98 Å². The predicted octanol–water partition coefficient (Wildman–Crippen LogP) is 5.41. The number of benzene rings is 2. The van der Waals surface area contributed by atoms with Gasteiger partial charge in [-0.3, -0.25) is 0 Å². The standard InChI is InChI=1S/2C9H8ClNO2/c2*1-2-13-9-4-3-7(11-6-12)5-8(9)10/h2*3-5H,2H2,1H3. The molecule has 0 saturated heterocycles. The largest absolute Gasteiger partial charge is 0.492 e. The molecule has 0 aliphatic carbocycles. The third-order valence-corrected chi connectivity index (χ3v) is 3.37. The molecule has 2 aromatic rings.